The fraction of sp³-hybridized carbons (Fsp3) is 0.562. The number of carbonyl (C=O) groups excluding carboxylic acids is 1. The summed E-state index contributed by atoms with van der Waals surface area (Å²) in [5.41, 5.74) is 0.725. The number of hydrogen-bond acceptors (Lipinski definition) is 3. The molecule has 2 aliphatic rings. The van der Waals surface area contributed by atoms with Crippen molar-refractivity contribution in [2.24, 2.45) is 5.92 Å². The van der Waals surface area contributed by atoms with Gasteiger partial charge in [0.2, 0.25) is 0 Å². The number of benzene rings is 1. The van der Waals surface area contributed by atoms with Crippen molar-refractivity contribution >= 4 is 18.4 Å². The predicted octanol–water partition coefficient (Wildman–Crippen LogP) is 2.63. The zero-order valence-electron chi connectivity index (χ0n) is 12.0. The first-order valence-corrected chi connectivity index (χ1v) is 7.11. The summed E-state index contributed by atoms with van der Waals surface area (Å²) in [4.78, 5) is 15.0. The van der Waals surface area contributed by atoms with Crippen LogP contribution in [0, 0.1) is 5.92 Å². The number of likely N-dealkylation sites (tertiary alicyclic amines) is 1. The van der Waals surface area contributed by atoms with Gasteiger partial charge in [0.05, 0.1) is 12.0 Å². The molecule has 1 saturated heterocycles. The number of hydrogen-bond donors (Lipinski definition) is 0. The first kappa shape index (κ1) is 15.3. The van der Waals surface area contributed by atoms with Crippen LogP contribution in [0.1, 0.15) is 25.3 Å². The topological polar surface area (TPSA) is 29.5 Å². The average molecular weight is 296 g/mol. The number of nitrogens with zero attached hydrogens (tertiary/aromatic N) is 1. The Morgan fingerprint density at radius 1 is 1.40 bits per heavy atom. The molecule has 0 spiro atoms. The number of piperidine rings is 1. The molecule has 2 bridgehead atoms. The number of rotatable bonds is 3. The summed E-state index contributed by atoms with van der Waals surface area (Å²) < 4.78 is 5.41. The molecule has 0 N–H and O–H groups in total. The second kappa shape index (κ2) is 5.74. The molecule has 0 unspecified atom stereocenters. The van der Waals surface area contributed by atoms with Crippen LogP contribution in [-0.2, 0) is 14.9 Å². The van der Waals surface area contributed by atoms with E-state index in [0.29, 0.717) is 18.6 Å². The van der Waals surface area contributed by atoms with Gasteiger partial charge in [-0.3, -0.25) is 4.79 Å². The highest BCUT2D eigenvalue weighted by Crippen LogP contribution is 2.52. The van der Waals surface area contributed by atoms with E-state index >= 15 is 0 Å². The van der Waals surface area contributed by atoms with Crippen molar-refractivity contribution in [2.75, 3.05) is 20.2 Å². The Bertz CT molecular complexity index is 477. The van der Waals surface area contributed by atoms with Gasteiger partial charge in [0.1, 0.15) is 0 Å². The molecule has 1 heterocycles. The summed E-state index contributed by atoms with van der Waals surface area (Å²) in [6.45, 7) is 3.34. The highest BCUT2D eigenvalue weighted by molar-refractivity contribution is 5.85. The lowest BCUT2D eigenvalue weighted by atomic mass is 9.71. The van der Waals surface area contributed by atoms with Crippen molar-refractivity contribution in [1.82, 2.24) is 4.90 Å². The standard InChI is InChI=1S/C16H21NO2.ClH/c1-3-19-15(18)16(12-7-5-4-6-8-12)10-14-9-13(16)11-17(14)2;/h4-8,13-14H,3,9-11H2,1-2H3;1H/t13-,14+,16-;/m0./s1. The molecule has 110 valence electrons. The maximum absolute atomic E-state index is 12.6. The molecule has 0 radical (unpaired) electrons. The number of ether oxygens (including phenoxy) is 1. The number of halogens is 1. The Kier molecular flexibility index (Phi) is 4.40. The van der Waals surface area contributed by atoms with Gasteiger partial charge >= 0.3 is 5.97 Å². The van der Waals surface area contributed by atoms with Crippen LogP contribution < -0.4 is 0 Å². The molecule has 3 nitrogen and oxygen atoms in total. The zero-order chi connectivity index (χ0) is 13.5. The van der Waals surface area contributed by atoms with Crippen LogP contribution >= 0.6 is 12.4 Å². The molecule has 1 aromatic carbocycles. The van der Waals surface area contributed by atoms with Crippen molar-refractivity contribution in [3.63, 3.8) is 0 Å². The molecular weight excluding hydrogens is 274 g/mol. The van der Waals surface area contributed by atoms with Gasteiger partial charge in [-0.15, -0.1) is 12.4 Å². The van der Waals surface area contributed by atoms with E-state index in [4.69, 9.17) is 4.74 Å². The summed E-state index contributed by atoms with van der Waals surface area (Å²) in [5, 5.41) is 0. The highest BCUT2D eigenvalue weighted by atomic mass is 35.5. The Balaban J connectivity index is 0.00000147. The van der Waals surface area contributed by atoms with E-state index in [2.05, 4.69) is 24.1 Å². The Labute approximate surface area is 126 Å². The molecule has 1 aliphatic carbocycles. The van der Waals surface area contributed by atoms with E-state index in [0.717, 1.165) is 24.9 Å². The fourth-order valence-corrected chi connectivity index (χ4v) is 3.93. The summed E-state index contributed by atoms with van der Waals surface area (Å²) in [7, 11) is 2.16. The molecule has 3 rings (SSSR count). The molecular formula is C16H22ClNO2. The highest BCUT2D eigenvalue weighted by Gasteiger charge is 2.59. The second-order valence-corrected chi connectivity index (χ2v) is 5.79. The van der Waals surface area contributed by atoms with Gasteiger partial charge in [0, 0.05) is 12.6 Å². The smallest absolute Gasteiger partial charge is 0.316 e. The summed E-state index contributed by atoms with van der Waals surface area (Å²) in [6, 6.07) is 10.7. The molecule has 2 fully saturated rings. The molecule has 1 aromatic rings. The third-order valence-electron chi connectivity index (χ3n) is 4.87. The molecule has 1 aliphatic heterocycles. The van der Waals surface area contributed by atoms with E-state index in [1.165, 1.54) is 0 Å². The van der Waals surface area contributed by atoms with Gasteiger partial charge in [-0.05, 0) is 38.3 Å². The Hall–Kier alpha value is -1.06. The third-order valence-corrected chi connectivity index (χ3v) is 4.87. The van der Waals surface area contributed by atoms with Crippen molar-refractivity contribution in [3.05, 3.63) is 35.9 Å². The second-order valence-electron chi connectivity index (χ2n) is 5.79. The van der Waals surface area contributed by atoms with Crippen molar-refractivity contribution in [1.29, 1.82) is 0 Å². The van der Waals surface area contributed by atoms with Crippen LogP contribution in [0.3, 0.4) is 0 Å². The molecule has 0 aromatic heterocycles. The van der Waals surface area contributed by atoms with Crippen LogP contribution in [0.4, 0.5) is 0 Å². The van der Waals surface area contributed by atoms with Crippen LogP contribution in [0.15, 0.2) is 30.3 Å². The normalized spacial score (nSPS) is 31.9. The molecule has 1 saturated carbocycles. The van der Waals surface area contributed by atoms with Gasteiger partial charge in [0.15, 0.2) is 0 Å². The predicted molar refractivity (Wildman–Crippen MR) is 81.1 cm³/mol. The summed E-state index contributed by atoms with van der Waals surface area (Å²) in [6.07, 6.45) is 2.02. The minimum atomic E-state index is -0.408. The Morgan fingerprint density at radius 3 is 2.60 bits per heavy atom. The lowest BCUT2D eigenvalue weighted by Gasteiger charge is -2.38. The fourth-order valence-electron chi connectivity index (χ4n) is 3.93. The van der Waals surface area contributed by atoms with Crippen LogP contribution in [0.5, 0.6) is 0 Å². The third kappa shape index (κ3) is 2.13. The van der Waals surface area contributed by atoms with Gasteiger partial charge in [-0.1, -0.05) is 30.3 Å². The van der Waals surface area contributed by atoms with Crippen molar-refractivity contribution in [2.45, 2.75) is 31.2 Å². The lowest BCUT2D eigenvalue weighted by Crippen LogP contribution is -2.48. The van der Waals surface area contributed by atoms with Crippen molar-refractivity contribution < 1.29 is 9.53 Å². The molecule has 20 heavy (non-hydrogen) atoms. The van der Waals surface area contributed by atoms with E-state index in [1.54, 1.807) is 0 Å². The van der Waals surface area contributed by atoms with E-state index in [9.17, 15) is 4.79 Å². The number of carbonyl (C=O) groups is 1. The summed E-state index contributed by atoms with van der Waals surface area (Å²) in [5.74, 6) is 0.366. The maximum atomic E-state index is 12.6. The molecule has 0 amide bonds. The van der Waals surface area contributed by atoms with Gasteiger partial charge in [0.25, 0.3) is 0 Å². The zero-order valence-corrected chi connectivity index (χ0v) is 12.9. The molecule has 3 atom stereocenters. The number of esters is 1. The monoisotopic (exact) mass is 295 g/mol. The molecule has 4 heteroatoms. The van der Waals surface area contributed by atoms with Gasteiger partial charge in [-0.2, -0.15) is 0 Å². The van der Waals surface area contributed by atoms with Gasteiger partial charge < -0.3 is 9.64 Å². The largest absolute Gasteiger partial charge is 0.465 e. The van der Waals surface area contributed by atoms with E-state index < -0.39 is 5.41 Å². The van der Waals surface area contributed by atoms with E-state index in [-0.39, 0.29) is 18.4 Å². The van der Waals surface area contributed by atoms with Crippen LogP contribution in [0.25, 0.3) is 0 Å². The number of fused-ring (bicyclic) bond motifs is 2. The SMILES string of the molecule is CCOC(=O)[C@]1(c2ccccc2)C[C@H]2C[C@H]1CN2C.Cl. The summed E-state index contributed by atoms with van der Waals surface area (Å²) >= 11 is 0. The minimum Gasteiger partial charge on any atom is -0.465 e. The van der Waals surface area contributed by atoms with E-state index in [1.807, 2.05) is 25.1 Å². The van der Waals surface area contributed by atoms with Crippen molar-refractivity contribution in [3.8, 4) is 0 Å². The maximum Gasteiger partial charge on any atom is 0.316 e. The van der Waals surface area contributed by atoms with Gasteiger partial charge in [-0.25, -0.2) is 0 Å². The minimum absolute atomic E-state index is 0. The Morgan fingerprint density at radius 2 is 2.10 bits per heavy atom. The van der Waals surface area contributed by atoms with Crippen LogP contribution in [-0.4, -0.2) is 37.1 Å². The first-order chi connectivity index (χ1) is 9.18. The quantitative estimate of drug-likeness (QED) is 0.803. The first-order valence-electron chi connectivity index (χ1n) is 7.11. The van der Waals surface area contributed by atoms with Crippen LogP contribution in [0.2, 0.25) is 0 Å². The average Bonchev–Trinajstić information content (AvgIpc) is 2.97. The lowest BCUT2D eigenvalue weighted by molar-refractivity contribution is -0.153.